The fourth-order valence-electron chi connectivity index (χ4n) is 4.06. The van der Waals surface area contributed by atoms with Gasteiger partial charge in [0.2, 0.25) is 11.2 Å². The Morgan fingerprint density at radius 2 is 1.53 bits per heavy atom. The second-order valence-corrected chi connectivity index (χ2v) is 8.94. The number of amides is 2. The van der Waals surface area contributed by atoms with E-state index in [1.165, 1.54) is 6.07 Å². The lowest BCUT2D eigenvalue weighted by molar-refractivity contribution is -0.134. The van der Waals surface area contributed by atoms with Crippen LogP contribution in [0.2, 0.25) is 10.0 Å². The van der Waals surface area contributed by atoms with E-state index in [0.29, 0.717) is 27.3 Å². The molecule has 0 atom stereocenters. The van der Waals surface area contributed by atoms with E-state index in [0.717, 1.165) is 4.90 Å². The van der Waals surface area contributed by atoms with Gasteiger partial charge in [-0.2, -0.15) is 0 Å². The topological polar surface area (TPSA) is 93.9 Å². The van der Waals surface area contributed by atoms with Gasteiger partial charge in [0.25, 0.3) is 11.8 Å². The monoisotopic (exact) mass is 521 g/mol. The molecule has 0 spiro atoms. The highest BCUT2D eigenvalue weighted by molar-refractivity contribution is 6.36. The lowest BCUT2D eigenvalue weighted by Gasteiger charge is -2.14. The summed E-state index contributed by atoms with van der Waals surface area (Å²) in [5, 5.41) is 0.836. The SMILES string of the molecule is O=C(CCCN1C(=O)c2ccccc2C1=O)Oc1c(-c2ccc(Cl)cc2Cl)oc2ccccc2c1=O. The summed E-state index contributed by atoms with van der Waals surface area (Å²) in [6.45, 7) is 0.0314. The van der Waals surface area contributed by atoms with Crippen LogP contribution in [-0.2, 0) is 4.79 Å². The van der Waals surface area contributed by atoms with Crippen LogP contribution in [0.5, 0.6) is 5.75 Å². The summed E-state index contributed by atoms with van der Waals surface area (Å²) in [5.74, 6) is -1.84. The summed E-state index contributed by atoms with van der Waals surface area (Å²) in [5.41, 5.74) is 0.768. The molecule has 0 fully saturated rings. The van der Waals surface area contributed by atoms with Gasteiger partial charge in [-0.3, -0.25) is 24.1 Å². The van der Waals surface area contributed by atoms with E-state index >= 15 is 0 Å². The maximum absolute atomic E-state index is 13.2. The minimum absolute atomic E-state index is 0.00550. The molecule has 2 heterocycles. The number of hydrogen-bond donors (Lipinski definition) is 0. The molecule has 7 nitrogen and oxygen atoms in total. The third kappa shape index (κ3) is 4.27. The van der Waals surface area contributed by atoms with Crippen LogP contribution in [0.25, 0.3) is 22.3 Å². The second kappa shape index (κ2) is 9.60. The zero-order valence-electron chi connectivity index (χ0n) is 18.6. The zero-order valence-corrected chi connectivity index (χ0v) is 20.1. The van der Waals surface area contributed by atoms with Crippen LogP contribution in [0.3, 0.4) is 0 Å². The first kappa shape index (κ1) is 23.8. The highest BCUT2D eigenvalue weighted by Gasteiger charge is 2.34. The molecule has 1 aliphatic rings. The van der Waals surface area contributed by atoms with E-state index in [1.54, 1.807) is 60.7 Å². The van der Waals surface area contributed by atoms with Crippen molar-refractivity contribution in [2.75, 3.05) is 6.54 Å². The van der Waals surface area contributed by atoms with Crippen molar-refractivity contribution >= 4 is 52.0 Å². The molecule has 0 radical (unpaired) electrons. The Morgan fingerprint density at radius 3 is 2.22 bits per heavy atom. The van der Waals surface area contributed by atoms with Gasteiger partial charge in [0.1, 0.15) is 5.58 Å². The van der Waals surface area contributed by atoms with Crippen LogP contribution >= 0.6 is 23.2 Å². The van der Waals surface area contributed by atoms with Crippen molar-refractivity contribution in [1.29, 1.82) is 0 Å². The fourth-order valence-corrected chi connectivity index (χ4v) is 4.55. The Bertz CT molecular complexity index is 1570. The van der Waals surface area contributed by atoms with E-state index in [4.69, 9.17) is 32.4 Å². The molecule has 0 aliphatic carbocycles. The van der Waals surface area contributed by atoms with Crippen LogP contribution in [0.4, 0.5) is 0 Å². The normalized spacial score (nSPS) is 12.8. The van der Waals surface area contributed by atoms with Gasteiger partial charge in [0.05, 0.1) is 21.5 Å². The number of carbonyl (C=O) groups is 3. The molecule has 1 aromatic heterocycles. The minimum atomic E-state index is -0.722. The molecule has 0 saturated heterocycles. The van der Waals surface area contributed by atoms with Gasteiger partial charge < -0.3 is 9.15 Å². The molecule has 1 aliphatic heterocycles. The van der Waals surface area contributed by atoms with Crippen molar-refractivity contribution in [1.82, 2.24) is 4.90 Å². The predicted octanol–water partition coefficient (Wildman–Crippen LogP) is 5.75. The molecule has 0 unspecified atom stereocenters. The Balaban J connectivity index is 1.38. The number of rotatable bonds is 6. The molecule has 5 rings (SSSR count). The number of nitrogens with zero attached hydrogens (tertiary/aromatic N) is 1. The van der Waals surface area contributed by atoms with E-state index < -0.39 is 23.2 Å². The molecule has 2 amide bonds. The van der Waals surface area contributed by atoms with Crippen molar-refractivity contribution in [3.63, 3.8) is 0 Å². The Labute approximate surface area is 214 Å². The van der Waals surface area contributed by atoms with Crippen LogP contribution in [0.1, 0.15) is 33.6 Å². The lowest BCUT2D eigenvalue weighted by Crippen LogP contribution is -2.31. The van der Waals surface area contributed by atoms with Gasteiger partial charge >= 0.3 is 5.97 Å². The van der Waals surface area contributed by atoms with E-state index in [-0.39, 0.29) is 41.3 Å². The first-order chi connectivity index (χ1) is 17.3. The zero-order chi connectivity index (χ0) is 25.4. The predicted molar refractivity (Wildman–Crippen MR) is 135 cm³/mol. The first-order valence-corrected chi connectivity index (χ1v) is 11.8. The van der Waals surface area contributed by atoms with Crippen LogP contribution < -0.4 is 10.2 Å². The number of benzene rings is 3. The number of carbonyl (C=O) groups excluding carboxylic acids is 3. The molecule has 9 heteroatoms. The summed E-state index contributed by atoms with van der Waals surface area (Å²) in [4.78, 5) is 52.1. The standard InChI is InChI=1S/C27H17Cl2NO6/c28-15-11-12-18(20(29)14-15)24-25(23(32)19-8-3-4-9-21(19)35-24)36-22(31)10-5-13-30-26(33)16-6-1-2-7-17(16)27(30)34/h1-4,6-9,11-12,14H,5,10,13H2. The molecular formula is C27H17Cl2NO6. The molecule has 180 valence electrons. The van der Waals surface area contributed by atoms with E-state index in [9.17, 15) is 19.2 Å². The highest BCUT2D eigenvalue weighted by atomic mass is 35.5. The summed E-state index contributed by atoms with van der Waals surface area (Å²) >= 11 is 12.3. The van der Waals surface area contributed by atoms with Gasteiger partial charge in [-0.25, -0.2) is 0 Å². The number of fused-ring (bicyclic) bond motifs is 2. The van der Waals surface area contributed by atoms with Crippen molar-refractivity contribution in [3.8, 4) is 17.1 Å². The Kier molecular flexibility index (Phi) is 6.35. The summed E-state index contributed by atoms with van der Waals surface area (Å²) in [7, 11) is 0. The number of hydrogen-bond acceptors (Lipinski definition) is 6. The minimum Gasteiger partial charge on any atom is -0.452 e. The smallest absolute Gasteiger partial charge is 0.311 e. The number of imide groups is 1. The van der Waals surface area contributed by atoms with Gasteiger partial charge in [0.15, 0.2) is 5.76 Å². The van der Waals surface area contributed by atoms with Crippen molar-refractivity contribution in [2.45, 2.75) is 12.8 Å². The molecular weight excluding hydrogens is 505 g/mol. The maximum Gasteiger partial charge on any atom is 0.311 e. The van der Waals surface area contributed by atoms with Gasteiger partial charge in [-0.05, 0) is 48.9 Å². The number of ether oxygens (including phenoxy) is 1. The quantitative estimate of drug-likeness (QED) is 0.237. The van der Waals surface area contributed by atoms with Crippen LogP contribution in [0.15, 0.2) is 75.9 Å². The maximum atomic E-state index is 13.2. The van der Waals surface area contributed by atoms with Gasteiger partial charge in [0, 0.05) is 23.6 Å². The third-order valence-corrected chi connectivity index (χ3v) is 6.34. The second-order valence-electron chi connectivity index (χ2n) is 8.09. The van der Waals surface area contributed by atoms with Crippen molar-refractivity contribution in [3.05, 3.63) is 98.1 Å². The number of halogens is 2. The largest absolute Gasteiger partial charge is 0.452 e. The fraction of sp³-hybridized carbons (Fsp3) is 0.111. The summed E-state index contributed by atoms with van der Waals surface area (Å²) in [6, 6.07) is 17.7. The molecule has 0 bridgehead atoms. The van der Waals surface area contributed by atoms with E-state index in [1.807, 2.05) is 0 Å². The molecule has 3 aromatic carbocycles. The summed E-state index contributed by atoms with van der Waals surface area (Å²) in [6.07, 6.45) is 0.00765. The lowest BCUT2D eigenvalue weighted by atomic mass is 10.1. The highest BCUT2D eigenvalue weighted by Crippen LogP contribution is 2.36. The number of para-hydroxylation sites is 1. The average molecular weight is 522 g/mol. The van der Waals surface area contributed by atoms with Gasteiger partial charge in [-0.15, -0.1) is 0 Å². The third-order valence-electron chi connectivity index (χ3n) is 5.79. The number of esters is 1. The van der Waals surface area contributed by atoms with Crippen LogP contribution in [-0.4, -0.2) is 29.2 Å². The Morgan fingerprint density at radius 1 is 0.861 bits per heavy atom. The summed E-state index contributed by atoms with van der Waals surface area (Å²) < 4.78 is 11.4. The Hall–Kier alpha value is -3.94. The first-order valence-electron chi connectivity index (χ1n) is 11.0. The molecule has 0 saturated carbocycles. The van der Waals surface area contributed by atoms with E-state index in [2.05, 4.69) is 0 Å². The van der Waals surface area contributed by atoms with Crippen LogP contribution in [0, 0.1) is 0 Å². The molecule has 0 N–H and O–H groups in total. The molecule has 4 aromatic rings. The van der Waals surface area contributed by atoms with Crippen molar-refractivity contribution < 1.29 is 23.5 Å². The average Bonchev–Trinajstić information content (AvgIpc) is 3.11. The van der Waals surface area contributed by atoms with Gasteiger partial charge in [-0.1, -0.05) is 47.5 Å². The van der Waals surface area contributed by atoms with Crippen molar-refractivity contribution in [2.24, 2.45) is 0 Å². The molecule has 36 heavy (non-hydrogen) atoms.